The average molecular weight is 455 g/mol. The number of hydrogen-bond donors (Lipinski definition) is 2. The van der Waals surface area contributed by atoms with Gasteiger partial charge >= 0.3 is 0 Å². The quantitative estimate of drug-likeness (QED) is 0.513. The van der Waals surface area contributed by atoms with E-state index >= 15 is 0 Å². The van der Waals surface area contributed by atoms with Crippen LogP contribution < -0.4 is 19.5 Å². The monoisotopic (exact) mass is 454 g/mol. The number of carbonyl (C=O) groups excluding carboxylic acids is 1. The van der Waals surface area contributed by atoms with Gasteiger partial charge in [-0.1, -0.05) is 30.3 Å². The molecular formula is C24H26N2O5S. The number of ether oxygens (including phenoxy) is 2. The van der Waals surface area contributed by atoms with Crippen molar-refractivity contribution in [1.29, 1.82) is 0 Å². The second-order valence-electron chi connectivity index (χ2n) is 7.15. The van der Waals surface area contributed by atoms with Crippen LogP contribution in [0.4, 0.5) is 5.69 Å². The van der Waals surface area contributed by atoms with E-state index in [2.05, 4.69) is 10.0 Å². The molecule has 0 spiro atoms. The second kappa shape index (κ2) is 10.2. The average Bonchev–Trinajstić information content (AvgIpc) is 2.79. The molecule has 3 aromatic carbocycles. The Hall–Kier alpha value is -3.52. The van der Waals surface area contributed by atoms with Crippen molar-refractivity contribution in [2.24, 2.45) is 0 Å². The Bertz CT molecular complexity index is 1190. The molecule has 32 heavy (non-hydrogen) atoms. The van der Waals surface area contributed by atoms with Crippen molar-refractivity contribution in [3.8, 4) is 11.5 Å². The predicted octanol–water partition coefficient (Wildman–Crippen LogP) is 3.79. The van der Waals surface area contributed by atoms with Gasteiger partial charge in [0, 0.05) is 17.8 Å². The van der Waals surface area contributed by atoms with Crippen LogP contribution in [-0.2, 0) is 16.4 Å². The molecule has 0 aliphatic rings. The van der Waals surface area contributed by atoms with E-state index in [1.807, 2.05) is 18.2 Å². The predicted molar refractivity (Wildman–Crippen MR) is 124 cm³/mol. The number of amides is 1. The van der Waals surface area contributed by atoms with Gasteiger partial charge in [-0.3, -0.25) is 9.52 Å². The summed E-state index contributed by atoms with van der Waals surface area (Å²) in [7, 11) is -0.692. The first kappa shape index (κ1) is 23.1. The minimum absolute atomic E-state index is 0.0638. The van der Waals surface area contributed by atoms with Crippen LogP contribution >= 0.6 is 0 Å². The number of methoxy groups -OCH3 is 2. The topological polar surface area (TPSA) is 93.7 Å². The molecular weight excluding hydrogens is 428 g/mol. The molecule has 0 saturated carbocycles. The summed E-state index contributed by atoms with van der Waals surface area (Å²) in [6.45, 7) is 2.07. The molecule has 2 N–H and O–H groups in total. The number of para-hydroxylation sites is 1. The molecule has 0 atom stereocenters. The summed E-state index contributed by atoms with van der Waals surface area (Å²) in [6.07, 6.45) is 0.582. The Labute approximate surface area is 188 Å². The normalized spacial score (nSPS) is 11.0. The number of anilines is 1. The number of carbonyl (C=O) groups is 1. The molecule has 168 valence electrons. The van der Waals surface area contributed by atoms with Gasteiger partial charge in [-0.25, -0.2) is 8.42 Å². The van der Waals surface area contributed by atoms with Crippen molar-refractivity contribution < 1.29 is 22.7 Å². The molecule has 7 nitrogen and oxygen atoms in total. The van der Waals surface area contributed by atoms with E-state index in [0.29, 0.717) is 35.7 Å². The zero-order valence-electron chi connectivity index (χ0n) is 18.2. The van der Waals surface area contributed by atoms with E-state index in [1.54, 1.807) is 63.6 Å². The Balaban J connectivity index is 1.69. The minimum atomic E-state index is -3.83. The van der Waals surface area contributed by atoms with Crippen LogP contribution in [0.3, 0.4) is 0 Å². The fraction of sp³-hybridized carbons (Fsp3) is 0.208. The molecule has 3 aromatic rings. The van der Waals surface area contributed by atoms with Gasteiger partial charge in [-0.2, -0.15) is 0 Å². The highest BCUT2D eigenvalue weighted by Crippen LogP contribution is 2.27. The molecule has 0 radical (unpaired) electrons. The van der Waals surface area contributed by atoms with Crippen molar-refractivity contribution in [2.45, 2.75) is 18.2 Å². The van der Waals surface area contributed by atoms with E-state index in [4.69, 9.17) is 9.47 Å². The number of benzene rings is 3. The number of hydrogen-bond acceptors (Lipinski definition) is 5. The lowest BCUT2D eigenvalue weighted by Gasteiger charge is -2.13. The van der Waals surface area contributed by atoms with Crippen molar-refractivity contribution >= 4 is 21.6 Å². The maximum absolute atomic E-state index is 12.8. The fourth-order valence-corrected chi connectivity index (χ4v) is 4.54. The maximum atomic E-state index is 12.8. The molecule has 0 fully saturated rings. The minimum Gasteiger partial charge on any atom is -0.493 e. The SMILES string of the molecule is COc1ccc(CCNC(=O)c2ccc(C)c(S(=O)(=O)Nc3ccccc3)c2)cc1OC. The number of nitrogens with one attached hydrogen (secondary N) is 2. The lowest BCUT2D eigenvalue weighted by molar-refractivity contribution is 0.0954. The molecule has 0 bridgehead atoms. The van der Waals surface area contributed by atoms with E-state index in [-0.39, 0.29) is 16.4 Å². The summed E-state index contributed by atoms with van der Waals surface area (Å²) in [5, 5.41) is 2.84. The summed E-state index contributed by atoms with van der Waals surface area (Å²) in [4.78, 5) is 12.7. The molecule has 0 unspecified atom stereocenters. The van der Waals surface area contributed by atoms with Gasteiger partial charge in [-0.15, -0.1) is 0 Å². The van der Waals surface area contributed by atoms with Crippen LogP contribution in [0.25, 0.3) is 0 Å². The van der Waals surface area contributed by atoms with E-state index in [9.17, 15) is 13.2 Å². The molecule has 0 aromatic heterocycles. The van der Waals surface area contributed by atoms with Crippen LogP contribution in [0, 0.1) is 6.92 Å². The summed E-state index contributed by atoms with van der Waals surface area (Å²) < 4.78 is 38.8. The molecule has 1 amide bonds. The van der Waals surface area contributed by atoms with Gasteiger partial charge in [0.2, 0.25) is 0 Å². The second-order valence-corrected chi connectivity index (χ2v) is 8.80. The highest BCUT2D eigenvalue weighted by molar-refractivity contribution is 7.92. The molecule has 0 aliphatic carbocycles. The molecule has 0 heterocycles. The van der Waals surface area contributed by atoms with Crippen LogP contribution in [-0.4, -0.2) is 35.1 Å². The Kier molecular flexibility index (Phi) is 7.37. The summed E-state index contributed by atoms with van der Waals surface area (Å²) in [5.74, 6) is 0.912. The molecule has 3 rings (SSSR count). The third-order valence-electron chi connectivity index (χ3n) is 4.91. The standard InChI is InChI=1S/C24H26N2O5S/c1-17-9-11-19(16-23(17)32(28,29)26-20-7-5-4-6-8-20)24(27)25-14-13-18-10-12-21(30-2)22(15-18)31-3/h4-12,15-16,26H,13-14H2,1-3H3,(H,25,27). The third kappa shape index (κ3) is 5.59. The first-order chi connectivity index (χ1) is 15.3. The van der Waals surface area contributed by atoms with E-state index < -0.39 is 10.0 Å². The van der Waals surface area contributed by atoms with Crippen LogP contribution in [0.5, 0.6) is 11.5 Å². The first-order valence-corrected chi connectivity index (χ1v) is 11.5. The summed E-state index contributed by atoms with van der Waals surface area (Å²) in [5.41, 5.74) is 2.26. The van der Waals surface area contributed by atoms with Crippen molar-refractivity contribution in [3.05, 3.63) is 83.4 Å². The highest BCUT2D eigenvalue weighted by Gasteiger charge is 2.19. The fourth-order valence-electron chi connectivity index (χ4n) is 3.21. The van der Waals surface area contributed by atoms with Crippen molar-refractivity contribution in [2.75, 3.05) is 25.5 Å². The van der Waals surface area contributed by atoms with Crippen LogP contribution in [0.15, 0.2) is 71.6 Å². The largest absolute Gasteiger partial charge is 0.493 e. The van der Waals surface area contributed by atoms with Gasteiger partial charge in [-0.05, 0) is 60.9 Å². The summed E-state index contributed by atoms with van der Waals surface area (Å²) >= 11 is 0. The summed E-state index contributed by atoms with van der Waals surface area (Å²) in [6, 6.07) is 18.8. The molecule has 0 aliphatic heterocycles. The van der Waals surface area contributed by atoms with E-state index in [1.165, 1.54) is 6.07 Å². The van der Waals surface area contributed by atoms with E-state index in [0.717, 1.165) is 5.56 Å². The first-order valence-electron chi connectivity index (χ1n) is 10.0. The van der Waals surface area contributed by atoms with Crippen LogP contribution in [0.2, 0.25) is 0 Å². The molecule has 8 heteroatoms. The number of rotatable bonds is 9. The van der Waals surface area contributed by atoms with Gasteiger partial charge in [0.1, 0.15) is 0 Å². The molecule has 0 saturated heterocycles. The lowest BCUT2D eigenvalue weighted by atomic mass is 10.1. The Morgan fingerprint density at radius 3 is 2.31 bits per heavy atom. The lowest BCUT2D eigenvalue weighted by Crippen LogP contribution is -2.26. The van der Waals surface area contributed by atoms with Crippen LogP contribution in [0.1, 0.15) is 21.5 Å². The van der Waals surface area contributed by atoms with Gasteiger partial charge in [0.15, 0.2) is 11.5 Å². The smallest absolute Gasteiger partial charge is 0.262 e. The Morgan fingerprint density at radius 1 is 0.906 bits per heavy atom. The zero-order valence-corrected chi connectivity index (χ0v) is 19.0. The highest BCUT2D eigenvalue weighted by atomic mass is 32.2. The number of sulfonamides is 1. The third-order valence-corrected chi connectivity index (χ3v) is 6.44. The van der Waals surface area contributed by atoms with Crippen molar-refractivity contribution in [1.82, 2.24) is 5.32 Å². The number of aryl methyl sites for hydroxylation is 1. The van der Waals surface area contributed by atoms with Gasteiger partial charge in [0.05, 0.1) is 19.1 Å². The maximum Gasteiger partial charge on any atom is 0.262 e. The van der Waals surface area contributed by atoms with Crippen molar-refractivity contribution in [3.63, 3.8) is 0 Å². The Morgan fingerprint density at radius 2 is 1.62 bits per heavy atom. The zero-order chi connectivity index (χ0) is 23.1. The van der Waals surface area contributed by atoms with Gasteiger partial charge < -0.3 is 14.8 Å². The van der Waals surface area contributed by atoms with Gasteiger partial charge in [0.25, 0.3) is 15.9 Å².